The van der Waals surface area contributed by atoms with E-state index in [1.807, 2.05) is 6.92 Å². The number of hydrogen-bond donors (Lipinski definition) is 0. The van der Waals surface area contributed by atoms with Crippen LogP contribution < -0.4 is 10.3 Å². The highest BCUT2D eigenvalue weighted by atomic mass is 79.9. The van der Waals surface area contributed by atoms with Crippen LogP contribution in [-0.4, -0.2) is 64.5 Å². The summed E-state index contributed by atoms with van der Waals surface area (Å²) in [6.45, 7) is 3.14. The first-order valence-corrected chi connectivity index (χ1v) is 12.6. The number of hydrogen-bond acceptors (Lipinski definition) is 8. The van der Waals surface area contributed by atoms with Gasteiger partial charge in [0.2, 0.25) is 5.75 Å². The molecule has 0 radical (unpaired) electrons. The fourth-order valence-electron chi connectivity index (χ4n) is 3.69. The smallest absolute Gasteiger partial charge is 0.312 e. The van der Waals surface area contributed by atoms with Gasteiger partial charge in [0, 0.05) is 40.1 Å². The quantitative estimate of drug-likeness (QED) is 0.224. The van der Waals surface area contributed by atoms with Crippen LogP contribution in [0.4, 0.5) is 5.69 Å². The predicted molar refractivity (Wildman–Crippen MR) is 140 cm³/mol. The molecule has 11 nitrogen and oxygen atoms in total. The number of nitrogens with zero attached hydrogens (tertiary/aromatic N) is 5. The summed E-state index contributed by atoms with van der Waals surface area (Å²) in [5, 5.41) is 16.4. The Morgan fingerprint density at radius 1 is 1.25 bits per heavy atom. The molecule has 0 N–H and O–H groups in total. The SMILES string of the molecule is CCc1nc2ccc(Br)cc2c(=O)n1N=Cc1cc(Br)cc([N+](=O)[O-])c1OCC(=O)N1CCOCC1. The van der Waals surface area contributed by atoms with Gasteiger partial charge in [0.25, 0.3) is 11.5 Å². The Kier molecular flexibility index (Phi) is 8.11. The van der Waals surface area contributed by atoms with Gasteiger partial charge in [0.05, 0.1) is 35.3 Å². The van der Waals surface area contributed by atoms with Crippen molar-refractivity contribution in [3.8, 4) is 5.75 Å². The summed E-state index contributed by atoms with van der Waals surface area (Å²) in [6.07, 6.45) is 1.72. The molecule has 188 valence electrons. The van der Waals surface area contributed by atoms with Gasteiger partial charge >= 0.3 is 5.69 Å². The third-order valence-corrected chi connectivity index (χ3v) is 6.42. The lowest BCUT2D eigenvalue weighted by Crippen LogP contribution is -2.43. The number of carbonyl (C=O) groups is 1. The van der Waals surface area contributed by atoms with E-state index in [1.54, 1.807) is 29.2 Å². The standard InChI is InChI=1S/C23H21Br2N5O6/c1-2-20-27-18-4-3-15(24)10-17(18)23(32)29(20)26-12-14-9-16(25)11-19(30(33)34)22(14)36-13-21(31)28-5-7-35-8-6-28/h3-4,9-12H,2,5-8,13H2,1H3. The van der Waals surface area contributed by atoms with Crippen LogP contribution in [0, 0.1) is 10.1 Å². The molecule has 0 unspecified atom stereocenters. The van der Waals surface area contributed by atoms with Crippen molar-refractivity contribution >= 4 is 60.6 Å². The van der Waals surface area contributed by atoms with Gasteiger partial charge < -0.3 is 14.4 Å². The van der Waals surface area contributed by atoms with Crippen LogP contribution in [0.5, 0.6) is 5.75 Å². The lowest BCUT2D eigenvalue weighted by Gasteiger charge is -2.26. The Balaban J connectivity index is 1.73. The zero-order valence-electron chi connectivity index (χ0n) is 19.1. The van der Waals surface area contributed by atoms with E-state index in [1.165, 1.54) is 12.3 Å². The number of ether oxygens (including phenoxy) is 2. The van der Waals surface area contributed by atoms with Crippen LogP contribution in [0.15, 0.2) is 49.2 Å². The number of amides is 1. The minimum Gasteiger partial charge on any atom is -0.476 e. The second-order valence-electron chi connectivity index (χ2n) is 7.79. The van der Waals surface area contributed by atoms with E-state index in [9.17, 15) is 19.7 Å². The Hall–Kier alpha value is -3.16. The number of benzene rings is 2. The van der Waals surface area contributed by atoms with Crippen LogP contribution in [0.25, 0.3) is 10.9 Å². The molecule has 0 bridgehead atoms. The molecule has 0 saturated carbocycles. The third-order valence-electron chi connectivity index (χ3n) is 5.47. The molecular formula is C23H21Br2N5O6. The second-order valence-corrected chi connectivity index (χ2v) is 9.62. The molecule has 1 fully saturated rings. The highest BCUT2D eigenvalue weighted by Gasteiger charge is 2.24. The number of nitro benzene ring substituents is 1. The Morgan fingerprint density at radius 2 is 2.00 bits per heavy atom. The van der Waals surface area contributed by atoms with Crippen molar-refractivity contribution in [2.75, 3.05) is 32.9 Å². The zero-order chi connectivity index (χ0) is 25.8. The monoisotopic (exact) mass is 621 g/mol. The van der Waals surface area contributed by atoms with Gasteiger partial charge in [-0.3, -0.25) is 19.7 Å². The molecular weight excluding hydrogens is 602 g/mol. The minimum atomic E-state index is -0.602. The lowest BCUT2D eigenvalue weighted by molar-refractivity contribution is -0.385. The van der Waals surface area contributed by atoms with E-state index in [2.05, 4.69) is 41.9 Å². The molecule has 0 spiro atoms. The zero-order valence-corrected chi connectivity index (χ0v) is 22.3. The van der Waals surface area contributed by atoms with Gasteiger partial charge in [0.15, 0.2) is 6.61 Å². The highest BCUT2D eigenvalue weighted by Crippen LogP contribution is 2.34. The van der Waals surface area contributed by atoms with Gasteiger partial charge in [-0.15, -0.1) is 0 Å². The number of rotatable bonds is 7. The number of aryl methyl sites for hydroxylation is 1. The van der Waals surface area contributed by atoms with Crippen LogP contribution in [-0.2, 0) is 16.0 Å². The number of morpholine rings is 1. The molecule has 1 aliphatic rings. The molecule has 3 aromatic rings. The Morgan fingerprint density at radius 3 is 2.69 bits per heavy atom. The molecule has 13 heteroatoms. The molecule has 1 aliphatic heterocycles. The number of halogens is 2. The van der Waals surface area contributed by atoms with E-state index in [4.69, 9.17) is 9.47 Å². The van der Waals surface area contributed by atoms with E-state index in [0.29, 0.717) is 53.9 Å². The average molecular weight is 623 g/mol. The topological polar surface area (TPSA) is 129 Å². The Labute approximate surface area is 222 Å². The maximum absolute atomic E-state index is 13.2. The average Bonchev–Trinajstić information content (AvgIpc) is 2.87. The molecule has 1 aromatic heterocycles. The first-order chi connectivity index (χ1) is 17.3. The lowest BCUT2D eigenvalue weighted by atomic mass is 10.2. The van der Waals surface area contributed by atoms with Gasteiger partial charge in [-0.2, -0.15) is 9.78 Å². The summed E-state index contributed by atoms with van der Waals surface area (Å²) in [5.41, 5.74) is 0.0254. The van der Waals surface area contributed by atoms with Crippen molar-refractivity contribution in [1.29, 1.82) is 0 Å². The van der Waals surface area contributed by atoms with Crippen molar-refractivity contribution < 1.29 is 19.2 Å². The van der Waals surface area contributed by atoms with Crippen LogP contribution >= 0.6 is 31.9 Å². The summed E-state index contributed by atoms with van der Waals surface area (Å²) < 4.78 is 13.2. The molecule has 1 amide bonds. The first-order valence-electron chi connectivity index (χ1n) is 11.0. The fraction of sp³-hybridized carbons (Fsp3) is 0.304. The molecule has 4 rings (SSSR count). The van der Waals surface area contributed by atoms with Gasteiger partial charge in [-0.25, -0.2) is 4.98 Å². The van der Waals surface area contributed by atoms with Gasteiger partial charge in [0.1, 0.15) is 5.82 Å². The van der Waals surface area contributed by atoms with E-state index >= 15 is 0 Å². The van der Waals surface area contributed by atoms with Crippen molar-refractivity contribution in [1.82, 2.24) is 14.6 Å². The molecule has 2 aromatic carbocycles. The molecule has 1 saturated heterocycles. The summed E-state index contributed by atoms with van der Waals surface area (Å²) in [6, 6.07) is 8.04. The van der Waals surface area contributed by atoms with Crippen LogP contribution in [0.1, 0.15) is 18.3 Å². The fourth-order valence-corrected chi connectivity index (χ4v) is 4.51. The first kappa shape index (κ1) is 25.9. The predicted octanol–water partition coefficient (Wildman–Crippen LogP) is 3.51. The largest absolute Gasteiger partial charge is 0.476 e. The van der Waals surface area contributed by atoms with Gasteiger partial charge in [-0.1, -0.05) is 38.8 Å². The van der Waals surface area contributed by atoms with Crippen molar-refractivity contribution in [2.45, 2.75) is 13.3 Å². The Bertz CT molecular complexity index is 1420. The highest BCUT2D eigenvalue weighted by molar-refractivity contribution is 9.10. The van der Waals surface area contributed by atoms with E-state index in [0.717, 1.165) is 9.15 Å². The summed E-state index contributed by atoms with van der Waals surface area (Å²) in [4.78, 5) is 43.0. The van der Waals surface area contributed by atoms with Crippen molar-refractivity contribution in [3.05, 3.63) is 71.1 Å². The van der Waals surface area contributed by atoms with E-state index < -0.39 is 11.5 Å². The van der Waals surface area contributed by atoms with Crippen molar-refractivity contribution in [3.63, 3.8) is 0 Å². The van der Waals surface area contributed by atoms with E-state index in [-0.39, 0.29) is 28.5 Å². The minimum absolute atomic E-state index is 0.129. The molecule has 36 heavy (non-hydrogen) atoms. The maximum Gasteiger partial charge on any atom is 0.312 e. The normalized spacial score (nSPS) is 13.9. The molecule has 0 aliphatic carbocycles. The van der Waals surface area contributed by atoms with Crippen LogP contribution in [0.2, 0.25) is 0 Å². The summed E-state index contributed by atoms with van der Waals surface area (Å²) in [7, 11) is 0. The summed E-state index contributed by atoms with van der Waals surface area (Å²) in [5.74, 6) is -0.0242. The third kappa shape index (κ3) is 5.63. The molecule has 0 atom stereocenters. The summed E-state index contributed by atoms with van der Waals surface area (Å²) >= 11 is 6.63. The maximum atomic E-state index is 13.2. The van der Waals surface area contributed by atoms with Gasteiger partial charge in [-0.05, 0) is 24.3 Å². The van der Waals surface area contributed by atoms with Crippen molar-refractivity contribution in [2.24, 2.45) is 5.10 Å². The molecule has 2 heterocycles. The second kappa shape index (κ2) is 11.3. The number of aromatic nitrogens is 2. The van der Waals surface area contributed by atoms with Crippen LogP contribution in [0.3, 0.4) is 0 Å². The number of carbonyl (C=O) groups excluding carboxylic acids is 1. The number of fused-ring (bicyclic) bond motifs is 1. The number of nitro groups is 1.